The Morgan fingerprint density at radius 2 is 2.24 bits per heavy atom. The summed E-state index contributed by atoms with van der Waals surface area (Å²) in [6.07, 6.45) is 6.89. The molecule has 92 valence electrons. The Morgan fingerprint density at radius 1 is 1.41 bits per heavy atom. The van der Waals surface area contributed by atoms with Crippen LogP contribution in [0.5, 0.6) is 0 Å². The molecule has 0 fully saturated rings. The van der Waals surface area contributed by atoms with Crippen molar-refractivity contribution < 1.29 is 0 Å². The molecule has 0 aliphatic carbocycles. The smallest absolute Gasteiger partial charge is 0.0333 e. The lowest BCUT2D eigenvalue weighted by molar-refractivity contribution is 0.518. The van der Waals surface area contributed by atoms with Gasteiger partial charge in [-0.3, -0.25) is 4.98 Å². The van der Waals surface area contributed by atoms with Crippen molar-refractivity contribution in [2.45, 2.75) is 46.1 Å². The molecule has 1 rings (SSSR count). The topological polar surface area (TPSA) is 24.9 Å². The van der Waals surface area contributed by atoms with E-state index in [2.05, 4.69) is 42.1 Å². The Kier molecular flexibility index (Phi) is 6.35. The highest BCUT2D eigenvalue weighted by atomic mass is 14.9. The van der Waals surface area contributed by atoms with Gasteiger partial charge < -0.3 is 5.32 Å². The number of pyridine rings is 1. The number of aryl methyl sites for hydroxylation is 1. The van der Waals surface area contributed by atoms with E-state index < -0.39 is 0 Å². The van der Waals surface area contributed by atoms with Crippen molar-refractivity contribution in [2.24, 2.45) is 0 Å². The van der Waals surface area contributed by atoms with Crippen LogP contribution in [-0.2, 0) is 6.42 Å². The molecule has 1 unspecified atom stereocenters. The molecule has 0 aliphatic rings. The minimum Gasteiger partial charge on any atom is -0.310 e. The van der Waals surface area contributed by atoms with Crippen LogP contribution in [-0.4, -0.2) is 11.5 Å². The second-order valence-electron chi connectivity index (χ2n) is 4.00. The van der Waals surface area contributed by atoms with Crippen LogP contribution in [0, 0.1) is 11.8 Å². The fraction of sp³-hybridized carbons (Fsp3) is 0.533. The van der Waals surface area contributed by atoms with E-state index in [4.69, 9.17) is 0 Å². The maximum atomic E-state index is 4.20. The van der Waals surface area contributed by atoms with Gasteiger partial charge in [0.15, 0.2) is 0 Å². The first-order valence-corrected chi connectivity index (χ1v) is 6.39. The highest BCUT2D eigenvalue weighted by Crippen LogP contribution is 2.21. The van der Waals surface area contributed by atoms with Crippen LogP contribution in [0.1, 0.15) is 50.8 Å². The van der Waals surface area contributed by atoms with E-state index in [1.807, 2.05) is 19.3 Å². The summed E-state index contributed by atoms with van der Waals surface area (Å²) in [4.78, 5) is 4.20. The molecular weight excluding hydrogens is 208 g/mol. The first-order valence-electron chi connectivity index (χ1n) is 6.39. The van der Waals surface area contributed by atoms with E-state index in [1.54, 1.807) is 0 Å². The molecule has 2 heteroatoms. The highest BCUT2D eigenvalue weighted by molar-refractivity contribution is 5.27. The van der Waals surface area contributed by atoms with Crippen molar-refractivity contribution in [3.63, 3.8) is 0 Å². The van der Waals surface area contributed by atoms with Crippen molar-refractivity contribution in [3.8, 4) is 11.8 Å². The number of nitrogens with zero attached hydrogens (tertiary/aromatic N) is 1. The van der Waals surface area contributed by atoms with Gasteiger partial charge >= 0.3 is 0 Å². The Labute approximate surface area is 105 Å². The molecule has 1 aromatic rings. The fourth-order valence-electron chi connectivity index (χ4n) is 2.03. The van der Waals surface area contributed by atoms with Crippen molar-refractivity contribution in [1.29, 1.82) is 0 Å². The molecule has 0 radical (unpaired) electrons. The summed E-state index contributed by atoms with van der Waals surface area (Å²) in [5.74, 6) is 6.09. The van der Waals surface area contributed by atoms with Gasteiger partial charge in [0.25, 0.3) is 0 Å². The van der Waals surface area contributed by atoms with Gasteiger partial charge in [0.1, 0.15) is 0 Å². The van der Waals surface area contributed by atoms with Gasteiger partial charge in [-0.05, 0) is 43.5 Å². The fourth-order valence-corrected chi connectivity index (χ4v) is 2.03. The van der Waals surface area contributed by atoms with E-state index in [-0.39, 0.29) is 0 Å². The van der Waals surface area contributed by atoms with Gasteiger partial charge in [-0.1, -0.05) is 13.8 Å². The zero-order valence-corrected chi connectivity index (χ0v) is 11.1. The van der Waals surface area contributed by atoms with Crippen molar-refractivity contribution in [3.05, 3.63) is 29.6 Å². The first kappa shape index (κ1) is 13.7. The summed E-state index contributed by atoms with van der Waals surface area (Å²) in [5, 5.41) is 3.54. The number of rotatable bonds is 6. The van der Waals surface area contributed by atoms with Crippen LogP contribution in [0.4, 0.5) is 0 Å². The highest BCUT2D eigenvalue weighted by Gasteiger charge is 2.12. The molecule has 0 saturated heterocycles. The van der Waals surface area contributed by atoms with Crippen LogP contribution in [0.2, 0.25) is 0 Å². The third-order valence-corrected chi connectivity index (χ3v) is 2.88. The second-order valence-corrected chi connectivity index (χ2v) is 4.00. The monoisotopic (exact) mass is 230 g/mol. The lowest BCUT2D eigenvalue weighted by atomic mass is 9.97. The standard InChI is InChI=1S/C15H22N2/c1-4-7-8-9-15(17-6-3)14-10-11-16-12-13(14)5-2/h10-12,15,17H,5-6,8-9H2,1-3H3. The van der Waals surface area contributed by atoms with Crippen LogP contribution >= 0.6 is 0 Å². The van der Waals surface area contributed by atoms with Gasteiger partial charge in [0.05, 0.1) is 0 Å². The lowest BCUT2D eigenvalue weighted by Crippen LogP contribution is -2.22. The van der Waals surface area contributed by atoms with Crippen LogP contribution in [0.25, 0.3) is 0 Å². The van der Waals surface area contributed by atoms with Crippen LogP contribution in [0.3, 0.4) is 0 Å². The van der Waals surface area contributed by atoms with Crippen LogP contribution in [0.15, 0.2) is 18.5 Å². The van der Waals surface area contributed by atoms with Crippen molar-refractivity contribution in [1.82, 2.24) is 10.3 Å². The van der Waals surface area contributed by atoms with Gasteiger partial charge in [-0.25, -0.2) is 0 Å². The number of hydrogen-bond donors (Lipinski definition) is 1. The minimum atomic E-state index is 0.402. The van der Waals surface area contributed by atoms with E-state index in [1.165, 1.54) is 11.1 Å². The third kappa shape index (κ3) is 4.20. The van der Waals surface area contributed by atoms with E-state index in [0.29, 0.717) is 6.04 Å². The lowest BCUT2D eigenvalue weighted by Gasteiger charge is -2.19. The molecule has 0 spiro atoms. The van der Waals surface area contributed by atoms with E-state index in [0.717, 1.165) is 25.8 Å². The molecule has 1 atom stereocenters. The van der Waals surface area contributed by atoms with E-state index >= 15 is 0 Å². The third-order valence-electron chi connectivity index (χ3n) is 2.88. The Hall–Kier alpha value is -1.33. The molecule has 1 N–H and O–H groups in total. The largest absolute Gasteiger partial charge is 0.310 e. The Bertz CT molecular complexity index is 387. The molecule has 0 aliphatic heterocycles. The van der Waals surface area contributed by atoms with Gasteiger partial charge in [0, 0.05) is 24.9 Å². The molecule has 0 bridgehead atoms. The summed E-state index contributed by atoms with van der Waals surface area (Å²) in [6, 6.07) is 2.53. The zero-order valence-electron chi connectivity index (χ0n) is 11.1. The summed E-state index contributed by atoms with van der Waals surface area (Å²) in [6.45, 7) is 7.20. The number of hydrogen-bond acceptors (Lipinski definition) is 2. The number of nitrogens with one attached hydrogen (secondary N) is 1. The van der Waals surface area contributed by atoms with E-state index in [9.17, 15) is 0 Å². The Balaban J connectivity index is 2.82. The average Bonchev–Trinajstić information content (AvgIpc) is 2.38. The van der Waals surface area contributed by atoms with Crippen LogP contribution < -0.4 is 5.32 Å². The minimum absolute atomic E-state index is 0.402. The summed E-state index contributed by atoms with van der Waals surface area (Å²) in [5.41, 5.74) is 2.71. The first-order chi connectivity index (χ1) is 8.33. The molecular formula is C15H22N2. The molecule has 2 nitrogen and oxygen atoms in total. The molecule has 17 heavy (non-hydrogen) atoms. The second kappa shape index (κ2) is 7.86. The SMILES string of the molecule is CC#CCCC(NCC)c1ccncc1CC. The summed E-state index contributed by atoms with van der Waals surface area (Å²) < 4.78 is 0. The average molecular weight is 230 g/mol. The predicted molar refractivity (Wildman–Crippen MR) is 72.7 cm³/mol. The Morgan fingerprint density at radius 3 is 2.88 bits per heavy atom. The molecule has 0 aromatic carbocycles. The van der Waals surface area contributed by atoms with Gasteiger partial charge in [-0.2, -0.15) is 0 Å². The van der Waals surface area contributed by atoms with Gasteiger partial charge in [-0.15, -0.1) is 11.8 Å². The maximum absolute atomic E-state index is 4.20. The summed E-state index contributed by atoms with van der Waals surface area (Å²) in [7, 11) is 0. The summed E-state index contributed by atoms with van der Waals surface area (Å²) >= 11 is 0. The van der Waals surface area contributed by atoms with Crippen molar-refractivity contribution in [2.75, 3.05) is 6.54 Å². The number of aromatic nitrogens is 1. The maximum Gasteiger partial charge on any atom is 0.0333 e. The molecule has 0 amide bonds. The van der Waals surface area contributed by atoms with Gasteiger partial charge in [0.2, 0.25) is 0 Å². The predicted octanol–water partition coefficient (Wildman–Crippen LogP) is 3.10. The quantitative estimate of drug-likeness (QED) is 0.760. The molecule has 1 aromatic heterocycles. The normalized spacial score (nSPS) is 11.7. The molecule has 1 heterocycles. The molecule has 0 saturated carbocycles. The zero-order chi connectivity index (χ0) is 12.5. The van der Waals surface area contributed by atoms with Crippen molar-refractivity contribution >= 4 is 0 Å².